The minimum atomic E-state index is -1.15. The zero-order valence-electron chi connectivity index (χ0n) is 16.5. The zero-order chi connectivity index (χ0) is 19.9. The number of hydrogen-bond donors (Lipinski definition) is 2. The average Bonchev–Trinajstić information content (AvgIpc) is 2.66. The number of rotatable bonds is 8. The molecule has 0 radical (unpaired) electrons. The van der Waals surface area contributed by atoms with Crippen LogP contribution in [0.4, 0.5) is 0 Å². The van der Waals surface area contributed by atoms with Crippen LogP contribution in [0.2, 0.25) is 0 Å². The van der Waals surface area contributed by atoms with Crippen molar-refractivity contribution in [2.45, 2.75) is 33.7 Å². The van der Waals surface area contributed by atoms with E-state index in [9.17, 15) is 9.59 Å². The van der Waals surface area contributed by atoms with Crippen LogP contribution in [0.3, 0.4) is 0 Å². The molecular weight excluding hydrogens is 340 g/mol. The van der Waals surface area contributed by atoms with E-state index in [0.29, 0.717) is 19.5 Å². The third-order valence-corrected chi connectivity index (χ3v) is 4.54. The molecule has 0 saturated carbocycles. The summed E-state index contributed by atoms with van der Waals surface area (Å²) < 4.78 is 5.31. The predicted octanol–water partition coefficient (Wildman–Crippen LogP) is 3.00. The van der Waals surface area contributed by atoms with Gasteiger partial charge in [-0.25, -0.2) is 0 Å². The molecule has 0 aliphatic carbocycles. The number of hydrogen-bond acceptors (Lipinski definition) is 3. The van der Waals surface area contributed by atoms with Gasteiger partial charge in [0.05, 0.1) is 7.11 Å². The molecule has 0 saturated heterocycles. The van der Waals surface area contributed by atoms with E-state index < -0.39 is 5.41 Å². The molecule has 5 heteroatoms. The summed E-state index contributed by atoms with van der Waals surface area (Å²) in [5.41, 5.74) is 2.01. The van der Waals surface area contributed by atoms with E-state index in [1.165, 1.54) is 0 Å². The van der Waals surface area contributed by atoms with Crippen molar-refractivity contribution in [3.8, 4) is 5.75 Å². The summed E-state index contributed by atoms with van der Waals surface area (Å²) in [5.74, 6) is 0.208. The topological polar surface area (TPSA) is 67.4 Å². The van der Waals surface area contributed by atoms with Crippen molar-refractivity contribution < 1.29 is 14.3 Å². The maximum absolute atomic E-state index is 12.5. The first-order valence-electron chi connectivity index (χ1n) is 9.08. The summed E-state index contributed by atoms with van der Waals surface area (Å²) in [5, 5.41) is 5.71. The molecular formula is C22H28N2O3. The smallest absolute Gasteiger partial charge is 0.235 e. The largest absolute Gasteiger partial charge is 0.496 e. The van der Waals surface area contributed by atoms with E-state index in [0.717, 1.165) is 22.4 Å². The van der Waals surface area contributed by atoms with Crippen LogP contribution in [0.25, 0.3) is 0 Å². The van der Waals surface area contributed by atoms with Gasteiger partial charge in [0, 0.05) is 13.1 Å². The summed E-state index contributed by atoms with van der Waals surface area (Å²) in [6, 6.07) is 15.6. The van der Waals surface area contributed by atoms with Crippen molar-refractivity contribution in [3.05, 3.63) is 65.2 Å². The molecule has 0 unspecified atom stereocenters. The normalized spacial score (nSPS) is 11.0. The van der Waals surface area contributed by atoms with Crippen LogP contribution >= 0.6 is 0 Å². The summed E-state index contributed by atoms with van der Waals surface area (Å²) in [7, 11) is 1.62. The molecule has 144 valence electrons. The van der Waals surface area contributed by atoms with Crippen LogP contribution < -0.4 is 15.4 Å². The molecule has 27 heavy (non-hydrogen) atoms. The molecule has 0 heterocycles. The van der Waals surface area contributed by atoms with Gasteiger partial charge in [-0.15, -0.1) is 0 Å². The number of aryl methyl sites for hydroxylation is 1. The van der Waals surface area contributed by atoms with Crippen molar-refractivity contribution in [3.63, 3.8) is 0 Å². The monoisotopic (exact) mass is 368 g/mol. The molecule has 0 bridgehead atoms. The number of methoxy groups -OCH3 is 1. The minimum Gasteiger partial charge on any atom is -0.496 e. The molecule has 0 fully saturated rings. The van der Waals surface area contributed by atoms with Gasteiger partial charge < -0.3 is 15.4 Å². The number of nitrogens with one attached hydrogen (secondary N) is 2. The van der Waals surface area contributed by atoms with Crippen LogP contribution in [0.15, 0.2) is 48.5 Å². The fourth-order valence-electron chi connectivity index (χ4n) is 2.77. The van der Waals surface area contributed by atoms with E-state index in [2.05, 4.69) is 10.6 Å². The lowest BCUT2D eigenvalue weighted by atomic mass is 9.91. The molecule has 2 aromatic rings. The number of carbonyl (C=O) groups excluding carboxylic acids is 2. The molecule has 2 rings (SSSR count). The Bertz CT molecular complexity index is 800. The Morgan fingerprint density at radius 1 is 1.00 bits per heavy atom. The summed E-state index contributed by atoms with van der Waals surface area (Å²) >= 11 is 0. The Balaban J connectivity index is 1.86. The third kappa shape index (κ3) is 5.58. The SMILES string of the molecule is COc1ccccc1CCNC(=O)C(C)(C)C(=O)NCc1cccc(C)c1. The highest BCUT2D eigenvalue weighted by atomic mass is 16.5. The van der Waals surface area contributed by atoms with Gasteiger partial charge in [0.2, 0.25) is 11.8 Å². The van der Waals surface area contributed by atoms with Crippen molar-refractivity contribution in [2.75, 3.05) is 13.7 Å². The Kier molecular flexibility index (Phi) is 6.99. The standard InChI is InChI=1S/C22H28N2O3/c1-16-8-7-9-17(14-16)15-24-21(26)22(2,3)20(25)23-13-12-18-10-5-6-11-19(18)27-4/h5-11,14H,12-13,15H2,1-4H3,(H,23,25)(H,24,26). The molecule has 0 atom stereocenters. The molecule has 2 aromatic carbocycles. The van der Waals surface area contributed by atoms with Crippen molar-refractivity contribution in [1.29, 1.82) is 0 Å². The molecule has 2 amide bonds. The maximum atomic E-state index is 12.5. The summed E-state index contributed by atoms with van der Waals surface area (Å²) in [4.78, 5) is 25.0. The Morgan fingerprint density at radius 3 is 2.41 bits per heavy atom. The van der Waals surface area contributed by atoms with Gasteiger partial charge in [-0.1, -0.05) is 48.0 Å². The quantitative estimate of drug-likeness (QED) is 0.704. The van der Waals surface area contributed by atoms with E-state index in [4.69, 9.17) is 4.74 Å². The second-order valence-corrected chi connectivity index (χ2v) is 7.11. The molecule has 2 N–H and O–H groups in total. The Labute approximate surface area is 161 Å². The first kappa shape index (κ1) is 20.5. The van der Waals surface area contributed by atoms with E-state index in [1.54, 1.807) is 21.0 Å². The zero-order valence-corrected chi connectivity index (χ0v) is 16.5. The van der Waals surface area contributed by atoms with Gasteiger partial charge in [0.25, 0.3) is 0 Å². The average molecular weight is 368 g/mol. The van der Waals surface area contributed by atoms with E-state index in [1.807, 2.05) is 55.5 Å². The van der Waals surface area contributed by atoms with Gasteiger partial charge in [0.1, 0.15) is 11.2 Å². The van der Waals surface area contributed by atoms with Crippen LogP contribution in [-0.2, 0) is 22.6 Å². The van der Waals surface area contributed by atoms with E-state index in [-0.39, 0.29) is 11.8 Å². The molecule has 0 spiro atoms. The third-order valence-electron chi connectivity index (χ3n) is 4.54. The second-order valence-electron chi connectivity index (χ2n) is 7.11. The second kappa shape index (κ2) is 9.21. The Hall–Kier alpha value is -2.82. The number of ether oxygens (including phenoxy) is 1. The maximum Gasteiger partial charge on any atom is 0.235 e. The van der Waals surface area contributed by atoms with E-state index >= 15 is 0 Å². The lowest BCUT2D eigenvalue weighted by Gasteiger charge is -2.23. The van der Waals surface area contributed by atoms with Crippen LogP contribution in [0, 0.1) is 12.3 Å². The van der Waals surface area contributed by atoms with Crippen LogP contribution in [0.5, 0.6) is 5.75 Å². The number of benzene rings is 2. The van der Waals surface area contributed by atoms with Crippen LogP contribution in [-0.4, -0.2) is 25.5 Å². The van der Waals surface area contributed by atoms with Gasteiger partial charge in [-0.05, 0) is 44.4 Å². The molecule has 0 aliphatic heterocycles. The molecule has 5 nitrogen and oxygen atoms in total. The highest BCUT2D eigenvalue weighted by Crippen LogP contribution is 2.18. The van der Waals surface area contributed by atoms with Gasteiger partial charge in [-0.3, -0.25) is 9.59 Å². The highest BCUT2D eigenvalue weighted by molar-refractivity contribution is 6.04. The fourth-order valence-corrected chi connectivity index (χ4v) is 2.77. The van der Waals surface area contributed by atoms with Crippen LogP contribution in [0.1, 0.15) is 30.5 Å². The number of amides is 2. The van der Waals surface area contributed by atoms with Crippen molar-refractivity contribution >= 4 is 11.8 Å². The first-order valence-corrected chi connectivity index (χ1v) is 9.08. The summed E-state index contributed by atoms with van der Waals surface area (Å²) in [6.45, 7) is 6.12. The minimum absolute atomic E-state index is 0.292. The molecule has 0 aliphatic rings. The van der Waals surface area contributed by atoms with Gasteiger partial charge >= 0.3 is 0 Å². The van der Waals surface area contributed by atoms with Gasteiger partial charge in [-0.2, -0.15) is 0 Å². The predicted molar refractivity (Wildman–Crippen MR) is 107 cm³/mol. The number of carbonyl (C=O) groups is 2. The fraction of sp³-hybridized carbons (Fsp3) is 0.364. The summed E-state index contributed by atoms with van der Waals surface area (Å²) in [6.07, 6.45) is 0.636. The molecule has 0 aromatic heterocycles. The highest BCUT2D eigenvalue weighted by Gasteiger charge is 2.35. The lowest BCUT2D eigenvalue weighted by Crippen LogP contribution is -2.48. The van der Waals surface area contributed by atoms with Crippen molar-refractivity contribution in [2.24, 2.45) is 5.41 Å². The lowest BCUT2D eigenvalue weighted by molar-refractivity contribution is -0.141. The van der Waals surface area contributed by atoms with Crippen molar-refractivity contribution in [1.82, 2.24) is 10.6 Å². The Morgan fingerprint density at radius 2 is 1.70 bits per heavy atom. The first-order chi connectivity index (χ1) is 12.8. The number of para-hydroxylation sites is 1. The van der Waals surface area contributed by atoms with Gasteiger partial charge in [0.15, 0.2) is 0 Å².